The van der Waals surface area contributed by atoms with Crippen LogP contribution in [-0.4, -0.2) is 16.9 Å². The molecule has 0 aromatic rings. The molecule has 1 fully saturated rings. The fourth-order valence-corrected chi connectivity index (χ4v) is 2.29. The molecule has 0 spiro atoms. The summed E-state index contributed by atoms with van der Waals surface area (Å²) in [5.41, 5.74) is -0.594. The van der Waals surface area contributed by atoms with Gasteiger partial charge in [-0.25, -0.2) is 0 Å². The Morgan fingerprint density at radius 1 is 1.33 bits per heavy atom. The standard InChI is InChI=1S/C12H20O3/c1-2-3-4-7-12(11(14)15)8-5-10(13)6-9-12/h2-9H2,1H3,(H,14,15). The zero-order chi connectivity index (χ0) is 11.3. The third-order valence-electron chi connectivity index (χ3n) is 3.48. The Hall–Kier alpha value is -0.860. The van der Waals surface area contributed by atoms with Crippen molar-refractivity contribution < 1.29 is 14.7 Å². The molecule has 0 unspecified atom stereocenters. The monoisotopic (exact) mass is 212 g/mol. The molecule has 1 saturated carbocycles. The number of hydrogen-bond donors (Lipinski definition) is 1. The van der Waals surface area contributed by atoms with Gasteiger partial charge in [0.2, 0.25) is 0 Å². The minimum Gasteiger partial charge on any atom is -0.481 e. The molecule has 3 nitrogen and oxygen atoms in total. The van der Waals surface area contributed by atoms with Gasteiger partial charge >= 0.3 is 5.97 Å². The van der Waals surface area contributed by atoms with Gasteiger partial charge in [-0.05, 0) is 19.3 Å². The summed E-state index contributed by atoms with van der Waals surface area (Å²) < 4.78 is 0. The highest BCUT2D eigenvalue weighted by molar-refractivity contribution is 5.83. The Balaban J connectivity index is 2.55. The third-order valence-corrected chi connectivity index (χ3v) is 3.48. The summed E-state index contributed by atoms with van der Waals surface area (Å²) in [6.45, 7) is 2.11. The molecule has 1 aliphatic carbocycles. The van der Waals surface area contributed by atoms with Crippen LogP contribution in [0.1, 0.15) is 58.3 Å². The van der Waals surface area contributed by atoms with Gasteiger partial charge in [0.25, 0.3) is 0 Å². The van der Waals surface area contributed by atoms with E-state index in [0.29, 0.717) is 25.7 Å². The van der Waals surface area contributed by atoms with Crippen molar-refractivity contribution >= 4 is 11.8 Å². The summed E-state index contributed by atoms with van der Waals surface area (Å²) >= 11 is 0. The molecule has 0 aliphatic heterocycles. The third kappa shape index (κ3) is 3.05. The average molecular weight is 212 g/mol. The van der Waals surface area contributed by atoms with Crippen molar-refractivity contribution in [1.82, 2.24) is 0 Å². The van der Waals surface area contributed by atoms with Crippen molar-refractivity contribution in [2.45, 2.75) is 58.3 Å². The molecular weight excluding hydrogens is 192 g/mol. The van der Waals surface area contributed by atoms with Crippen LogP contribution in [0.4, 0.5) is 0 Å². The lowest BCUT2D eigenvalue weighted by Crippen LogP contribution is -2.35. The van der Waals surface area contributed by atoms with Crippen LogP contribution in [0, 0.1) is 5.41 Å². The van der Waals surface area contributed by atoms with Gasteiger partial charge in [-0.15, -0.1) is 0 Å². The van der Waals surface area contributed by atoms with Gasteiger partial charge in [-0.3, -0.25) is 9.59 Å². The van der Waals surface area contributed by atoms with Crippen LogP contribution in [0.25, 0.3) is 0 Å². The molecule has 0 amide bonds. The van der Waals surface area contributed by atoms with Crippen LogP contribution in [0.3, 0.4) is 0 Å². The minimum atomic E-state index is -0.703. The van der Waals surface area contributed by atoms with E-state index in [-0.39, 0.29) is 5.78 Å². The predicted molar refractivity (Wildman–Crippen MR) is 57.7 cm³/mol. The van der Waals surface area contributed by atoms with Gasteiger partial charge in [-0.2, -0.15) is 0 Å². The Morgan fingerprint density at radius 2 is 1.93 bits per heavy atom. The molecule has 1 N–H and O–H groups in total. The van der Waals surface area contributed by atoms with Gasteiger partial charge in [0, 0.05) is 12.8 Å². The van der Waals surface area contributed by atoms with Crippen molar-refractivity contribution in [3.05, 3.63) is 0 Å². The van der Waals surface area contributed by atoms with Crippen LogP contribution in [-0.2, 0) is 9.59 Å². The Morgan fingerprint density at radius 3 is 2.40 bits per heavy atom. The number of aliphatic carboxylic acids is 1. The van der Waals surface area contributed by atoms with Crippen LogP contribution < -0.4 is 0 Å². The highest BCUT2D eigenvalue weighted by atomic mass is 16.4. The van der Waals surface area contributed by atoms with Crippen LogP contribution in [0.5, 0.6) is 0 Å². The molecule has 86 valence electrons. The molecule has 0 bridgehead atoms. The number of carboxylic acids is 1. The molecule has 0 radical (unpaired) electrons. The number of carbonyl (C=O) groups is 2. The molecule has 1 rings (SSSR count). The van der Waals surface area contributed by atoms with Gasteiger partial charge in [0.05, 0.1) is 5.41 Å². The number of Topliss-reactive ketones (excluding diaryl/α,β-unsaturated/α-hetero) is 1. The van der Waals surface area contributed by atoms with Crippen molar-refractivity contribution in [3.8, 4) is 0 Å². The van der Waals surface area contributed by atoms with Crippen molar-refractivity contribution in [2.24, 2.45) is 5.41 Å². The van der Waals surface area contributed by atoms with Gasteiger partial charge in [0.15, 0.2) is 0 Å². The zero-order valence-electron chi connectivity index (χ0n) is 9.42. The number of carboxylic acid groups (broad SMARTS) is 1. The molecule has 0 aromatic carbocycles. The molecule has 0 saturated heterocycles. The first-order valence-electron chi connectivity index (χ1n) is 5.86. The number of unbranched alkanes of at least 4 members (excludes halogenated alkanes) is 2. The van der Waals surface area contributed by atoms with E-state index < -0.39 is 11.4 Å². The van der Waals surface area contributed by atoms with E-state index in [9.17, 15) is 14.7 Å². The first-order chi connectivity index (χ1) is 7.10. The molecule has 0 heterocycles. The Labute approximate surface area is 90.9 Å². The fraction of sp³-hybridized carbons (Fsp3) is 0.833. The van der Waals surface area contributed by atoms with E-state index in [4.69, 9.17) is 0 Å². The van der Waals surface area contributed by atoms with Crippen molar-refractivity contribution in [3.63, 3.8) is 0 Å². The summed E-state index contributed by atoms with van der Waals surface area (Å²) in [5.74, 6) is -0.478. The van der Waals surface area contributed by atoms with Crippen molar-refractivity contribution in [2.75, 3.05) is 0 Å². The lowest BCUT2D eigenvalue weighted by atomic mass is 9.70. The summed E-state index contributed by atoms with van der Waals surface area (Å²) in [5, 5.41) is 9.26. The maximum atomic E-state index is 11.3. The summed E-state index contributed by atoms with van der Waals surface area (Å²) in [6.07, 6.45) is 5.91. The first kappa shape index (κ1) is 12.2. The molecule has 3 heteroatoms. The van der Waals surface area contributed by atoms with Gasteiger partial charge in [0.1, 0.15) is 5.78 Å². The van der Waals surface area contributed by atoms with Gasteiger partial charge in [-0.1, -0.05) is 26.2 Å². The van der Waals surface area contributed by atoms with E-state index in [0.717, 1.165) is 25.7 Å². The van der Waals surface area contributed by atoms with Crippen LogP contribution in [0.2, 0.25) is 0 Å². The SMILES string of the molecule is CCCCCC1(C(=O)O)CCC(=O)CC1. The highest BCUT2D eigenvalue weighted by Crippen LogP contribution is 2.39. The summed E-state index contributed by atoms with van der Waals surface area (Å²) in [4.78, 5) is 22.4. The number of hydrogen-bond acceptors (Lipinski definition) is 2. The molecular formula is C12H20O3. The largest absolute Gasteiger partial charge is 0.481 e. The predicted octanol–water partition coefficient (Wildman–Crippen LogP) is 2.78. The second kappa shape index (κ2) is 5.29. The lowest BCUT2D eigenvalue weighted by Gasteiger charge is -2.32. The van der Waals surface area contributed by atoms with E-state index in [2.05, 4.69) is 6.92 Å². The minimum absolute atomic E-state index is 0.224. The van der Waals surface area contributed by atoms with E-state index >= 15 is 0 Å². The topological polar surface area (TPSA) is 54.4 Å². The zero-order valence-corrected chi connectivity index (χ0v) is 9.42. The second-order valence-electron chi connectivity index (χ2n) is 4.58. The Bertz CT molecular complexity index is 235. The average Bonchev–Trinajstić information content (AvgIpc) is 2.21. The smallest absolute Gasteiger partial charge is 0.309 e. The highest BCUT2D eigenvalue weighted by Gasteiger charge is 2.40. The lowest BCUT2D eigenvalue weighted by molar-refractivity contribution is -0.152. The number of ketones is 1. The van der Waals surface area contributed by atoms with Crippen LogP contribution in [0.15, 0.2) is 0 Å². The molecule has 1 aliphatic rings. The van der Waals surface area contributed by atoms with E-state index in [1.165, 1.54) is 0 Å². The molecule has 0 aromatic heterocycles. The van der Waals surface area contributed by atoms with E-state index in [1.54, 1.807) is 0 Å². The molecule has 0 atom stereocenters. The molecule has 15 heavy (non-hydrogen) atoms. The quantitative estimate of drug-likeness (QED) is 0.713. The second-order valence-corrected chi connectivity index (χ2v) is 4.58. The van der Waals surface area contributed by atoms with Crippen LogP contribution >= 0.6 is 0 Å². The summed E-state index contributed by atoms with van der Waals surface area (Å²) in [6, 6.07) is 0. The van der Waals surface area contributed by atoms with E-state index in [1.807, 2.05) is 0 Å². The first-order valence-corrected chi connectivity index (χ1v) is 5.86. The number of carbonyl (C=O) groups excluding carboxylic acids is 1. The maximum Gasteiger partial charge on any atom is 0.309 e. The summed E-state index contributed by atoms with van der Waals surface area (Å²) in [7, 11) is 0. The maximum absolute atomic E-state index is 11.3. The van der Waals surface area contributed by atoms with Gasteiger partial charge < -0.3 is 5.11 Å². The number of rotatable bonds is 5. The fourth-order valence-electron chi connectivity index (χ4n) is 2.29. The Kier molecular flexibility index (Phi) is 4.30. The normalized spacial score (nSPS) is 20.2. The van der Waals surface area contributed by atoms with Crippen molar-refractivity contribution in [1.29, 1.82) is 0 Å².